The van der Waals surface area contributed by atoms with E-state index in [4.69, 9.17) is 5.73 Å². The second kappa shape index (κ2) is 5.75. The van der Waals surface area contributed by atoms with Gasteiger partial charge in [-0.25, -0.2) is 0 Å². The van der Waals surface area contributed by atoms with Gasteiger partial charge in [0.15, 0.2) is 0 Å². The molecule has 2 heteroatoms. The van der Waals surface area contributed by atoms with Crippen molar-refractivity contribution in [2.45, 2.75) is 44.9 Å². The van der Waals surface area contributed by atoms with Crippen molar-refractivity contribution in [3.63, 3.8) is 0 Å². The van der Waals surface area contributed by atoms with E-state index in [1.165, 1.54) is 44.3 Å². The maximum Gasteiger partial charge on any atom is 0.0314 e. The van der Waals surface area contributed by atoms with Crippen LogP contribution in [0.5, 0.6) is 0 Å². The monoisotopic (exact) mass is 246 g/mol. The molecule has 2 rings (SSSR count). The summed E-state index contributed by atoms with van der Waals surface area (Å²) in [6.45, 7) is 8.35. The van der Waals surface area contributed by atoms with E-state index in [9.17, 15) is 0 Å². The topological polar surface area (TPSA) is 29.3 Å². The lowest BCUT2D eigenvalue weighted by atomic mass is 9.84. The molecule has 0 radical (unpaired) electrons. The van der Waals surface area contributed by atoms with Crippen molar-refractivity contribution in [2.75, 3.05) is 25.4 Å². The summed E-state index contributed by atoms with van der Waals surface area (Å²) in [5, 5.41) is 0. The Morgan fingerprint density at radius 1 is 1.00 bits per heavy atom. The SMILES string of the molecule is CC(C)(CN1CCCCCC1)c1ccc(N)cc1. The quantitative estimate of drug-likeness (QED) is 0.828. The summed E-state index contributed by atoms with van der Waals surface area (Å²) < 4.78 is 0. The van der Waals surface area contributed by atoms with E-state index in [0.717, 1.165) is 12.2 Å². The number of nitrogen functional groups attached to an aromatic ring is 1. The fourth-order valence-electron chi connectivity index (χ4n) is 2.88. The Hall–Kier alpha value is -1.02. The molecular formula is C16H26N2. The summed E-state index contributed by atoms with van der Waals surface area (Å²) in [5.41, 5.74) is 8.21. The summed E-state index contributed by atoms with van der Waals surface area (Å²) in [6.07, 6.45) is 5.52. The van der Waals surface area contributed by atoms with Crippen LogP contribution >= 0.6 is 0 Å². The average molecular weight is 246 g/mol. The van der Waals surface area contributed by atoms with Gasteiger partial charge in [-0.2, -0.15) is 0 Å². The van der Waals surface area contributed by atoms with Crippen molar-refractivity contribution in [3.05, 3.63) is 29.8 Å². The molecule has 100 valence electrons. The lowest BCUT2D eigenvalue weighted by molar-refractivity contribution is 0.231. The van der Waals surface area contributed by atoms with Crippen LogP contribution in [0.25, 0.3) is 0 Å². The number of hydrogen-bond donors (Lipinski definition) is 1. The number of hydrogen-bond acceptors (Lipinski definition) is 2. The second-order valence-corrected chi connectivity index (χ2v) is 6.20. The third-order valence-electron chi connectivity index (χ3n) is 4.01. The van der Waals surface area contributed by atoms with Crippen LogP contribution in [0, 0.1) is 0 Å². The molecule has 0 spiro atoms. The van der Waals surface area contributed by atoms with Gasteiger partial charge in [0.2, 0.25) is 0 Å². The van der Waals surface area contributed by atoms with Gasteiger partial charge in [0.25, 0.3) is 0 Å². The minimum Gasteiger partial charge on any atom is -0.399 e. The molecule has 18 heavy (non-hydrogen) atoms. The fourth-order valence-corrected chi connectivity index (χ4v) is 2.88. The Kier molecular flexibility index (Phi) is 4.28. The predicted molar refractivity (Wildman–Crippen MR) is 78.8 cm³/mol. The largest absolute Gasteiger partial charge is 0.399 e. The zero-order valence-corrected chi connectivity index (χ0v) is 11.8. The minimum atomic E-state index is 0.206. The number of nitrogens with two attached hydrogens (primary N) is 1. The van der Waals surface area contributed by atoms with Crippen LogP contribution in [-0.2, 0) is 5.41 Å². The molecule has 1 saturated heterocycles. The van der Waals surface area contributed by atoms with Crippen molar-refractivity contribution >= 4 is 5.69 Å². The maximum atomic E-state index is 5.76. The molecule has 1 aromatic carbocycles. The molecule has 1 heterocycles. The summed E-state index contributed by atoms with van der Waals surface area (Å²) in [4.78, 5) is 2.63. The molecule has 0 aliphatic carbocycles. The first-order valence-electron chi connectivity index (χ1n) is 7.16. The molecule has 0 aromatic heterocycles. The highest BCUT2D eigenvalue weighted by Gasteiger charge is 2.24. The number of anilines is 1. The van der Waals surface area contributed by atoms with E-state index in [1.54, 1.807) is 0 Å². The molecule has 0 atom stereocenters. The van der Waals surface area contributed by atoms with Crippen molar-refractivity contribution in [3.8, 4) is 0 Å². The molecular weight excluding hydrogens is 220 g/mol. The van der Waals surface area contributed by atoms with Gasteiger partial charge < -0.3 is 10.6 Å². The van der Waals surface area contributed by atoms with E-state index in [1.807, 2.05) is 12.1 Å². The smallest absolute Gasteiger partial charge is 0.0314 e. The Bertz CT molecular complexity index is 359. The van der Waals surface area contributed by atoms with E-state index < -0.39 is 0 Å². The third-order valence-corrected chi connectivity index (χ3v) is 4.01. The maximum absolute atomic E-state index is 5.76. The number of rotatable bonds is 3. The molecule has 2 nitrogen and oxygen atoms in total. The van der Waals surface area contributed by atoms with Crippen LogP contribution in [0.2, 0.25) is 0 Å². The zero-order chi connectivity index (χ0) is 13.0. The van der Waals surface area contributed by atoms with Gasteiger partial charge in [0, 0.05) is 17.6 Å². The molecule has 1 aliphatic rings. The molecule has 0 saturated carbocycles. The highest BCUT2D eigenvalue weighted by molar-refractivity contribution is 5.41. The van der Waals surface area contributed by atoms with Gasteiger partial charge in [-0.05, 0) is 43.6 Å². The minimum absolute atomic E-state index is 0.206. The Labute approximate surface area is 111 Å². The molecule has 0 bridgehead atoms. The van der Waals surface area contributed by atoms with Gasteiger partial charge in [-0.3, -0.25) is 0 Å². The Morgan fingerprint density at radius 2 is 1.56 bits per heavy atom. The van der Waals surface area contributed by atoms with E-state index in [-0.39, 0.29) is 5.41 Å². The zero-order valence-electron chi connectivity index (χ0n) is 11.8. The lowest BCUT2D eigenvalue weighted by Crippen LogP contribution is -2.37. The van der Waals surface area contributed by atoms with Crippen LogP contribution in [0.15, 0.2) is 24.3 Å². The standard InChI is InChI=1S/C16H26N2/c1-16(2,14-7-9-15(17)10-8-14)13-18-11-5-3-4-6-12-18/h7-10H,3-6,11-13,17H2,1-2H3. The summed E-state index contributed by atoms with van der Waals surface area (Å²) in [7, 11) is 0. The summed E-state index contributed by atoms with van der Waals surface area (Å²) in [6, 6.07) is 8.37. The molecule has 1 aromatic rings. The first-order chi connectivity index (χ1) is 8.58. The van der Waals surface area contributed by atoms with Crippen molar-refractivity contribution < 1.29 is 0 Å². The van der Waals surface area contributed by atoms with Crippen molar-refractivity contribution in [1.82, 2.24) is 4.90 Å². The molecule has 2 N–H and O–H groups in total. The fraction of sp³-hybridized carbons (Fsp3) is 0.625. The number of nitrogens with zero attached hydrogens (tertiary/aromatic N) is 1. The van der Waals surface area contributed by atoms with E-state index in [2.05, 4.69) is 30.9 Å². The first kappa shape index (κ1) is 13.4. The van der Waals surface area contributed by atoms with Gasteiger partial charge in [-0.15, -0.1) is 0 Å². The Morgan fingerprint density at radius 3 is 2.11 bits per heavy atom. The van der Waals surface area contributed by atoms with Gasteiger partial charge >= 0.3 is 0 Å². The average Bonchev–Trinajstić information content (AvgIpc) is 2.57. The molecule has 1 aliphatic heterocycles. The normalized spacial score (nSPS) is 18.6. The second-order valence-electron chi connectivity index (χ2n) is 6.20. The van der Waals surface area contributed by atoms with Crippen molar-refractivity contribution in [2.24, 2.45) is 0 Å². The molecule has 0 amide bonds. The van der Waals surface area contributed by atoms with Gasteiger partial charge in [0.1, 0.15) is 0 Å². The van der Waals surface area contributed by atoms with Crippen LogP contribution < -0.4 is 5.73 Å². The highest BCUT2D eigenvalue weighted by atomic mass is 15.1. The summed E-state index contributed by atoms with van der Waals surface area (Å²) in [5.74, 6) is 0. The number of likely N-dealkylation sites (tertiary alicyclic amines) is 1. The van der Waals surface area contributed by atoms with Crippen LogP contribution in [0.3, 0.4) is 0 Å². The summed E-state index contributed by atoms with van der Waals surface area (Å²) >= 11 is 0. The lowest BCUT2D eigenvalue weighted by Gasteiger charge is -2.32. The van der Waals surface area contributed by atoms with Crippen molar-refractivity contribution in [1.29, 1.82) is 0 Å². The third kappa shape index (κ3) is 3.49. The van der Waals surface area contributed by atoms with Crippen LogP contribution in [-0.4, -0.2) is 24.5 Å². The van der Waals surface area contributed by atoms with E-state index >= 15 is 0 Å². The Balaban J connectivity index is 2.03. The van der Waals surface area contributed by atoms with E-state index in [0.29, 0.717) is 0 Å². The molecule has 0 unspecified atom stereocenters. The van der Waals surface area contributed by atoms with Crippen LogP contribution in [0.1, 0.15) is 45.1 Å². The van der Waals surface area contributed by atoms with Gasteiger partial charge in [0.05, 0.1) is 0 Å². The highest BCUT2D eigenvalue weighted by Crippen LogP contribution is 2.26. The first-order valence-corrected chi connectivity index (χ1v) is 7.16. The van der Waals surface area contributed by atoms with Gasteiger partial charge in [-0.1, -0.05) is 38.8 Å². The predicted octanol–water partition coefficient (Wildman–Crippen LogP) is 3.42. The molecule has 1 fully saturated rings. The number of benzene rings is 1. The van der Waals surface area contributed by atoms with Crippen LogP contribution in [0.4, 0.5) is 5.69 Å².